The van der Waals surface area contributed by atoms with Crippen molar-refractivity contribution in [3.05, 3.63) is 0 Å². The SMILES string of the molecule is OC[C@H]1OC[C@H](Nc2nc(N3CCOCC3)ns2)[C@@H](O)[C@H]1O. The quantitative estimate of drug-likeness (QED) is 0.509. The van der Waals surface area contributed by atoms with Crippen LogP contribution in [0.2, 0.25) is 0 Å². The van der Waals surface area contributed by atoms with Crippen molar-refractivity contribution in [1.29, 1.82) is 0 Å². The van der Waals surface area contributed by atoms with E-state index in [1.165, 1.54) is 11.5 Å². The van der Waals surface area contributed by atoms with Crippen LogP contribution < -0.4 is 10.2 Å². The predicted molar refractivity (Wildman–Crippen MR) is 79.2 cm³/mol. The van der Waals surface area contributed by atoms with E-state index in [4.69, 9.17) is 14.6 Å². The molecule has 9 nitrogen and oxygen atoms in total. The zero-order valence-electron chi connectivity index (χ0n) is 12.0. The van der Waals surface area contributed by atoms with Gasteiger partial charge in [0.2, 0.25) is 11.1 Å². The lowest BCUT2D eigenvalue weighted by Gasteiger charge is -2.37. The van der Waals surface area contributed by atoms with Crippen LogP contribution in [0.5, 0.6) is 0 Å². The number of nitrogens with one attached hydrogen (secondary N) is 1. The van der Waals surface area contributed by atoms with Gasteiger partial charge in [-0.1, -0.05) is 0 Å². The lowest BCUT2D eigenvalue weighted by molar-refractivity contribution is -0.152. The molecule has 10 heteroatoms. The highest BCUT2D eigenvalue weighted by Crippen LogP contribution is 2.23. The van der Waals surface area contributed by atoms with Gasteiger partial charge in [0.15, 0.2) is 0 Å². The highest BCUT2D eigenvalue weighted by Gasteiger charge is 2.38. The van der Waals surface area contributed by atoms with Crippen molar-refractivity contribution in [3.8, 4) is 0 Å². The third kappa shape index (κ3) is 3.31. The maximum absolute atomic E-state index is 10.1. The van der Waals surface area contributed by atoms with E-state index in [0.717, 1.165) is 13.1 Å². The van der Waals surface area contributed by atoms with Crippen molar-refractivity contribution in [2.45, 2.75) is 24.4 Å². The molecule has 0 radical (unpaired) electrons. The van der Waals surface area contributed by atoms with Gasteiger partial charge in [-0.2, -0.15) is 9.36 Å². The largest absolute Gasteiger partial charge is 0.394 e. The molecule has 2 saturated heterocycles. The number of rotatable bonds is 4. The molecular formula is C12H20N4O5S. The summed E-state index contributed by atoms with van der Waals surface area (Å²) < 4.78 is 14.9. The second-order valence-corrected chi connectivity index (χ2v) is 6.04. The van der Waals surface area contributed by atoms with Gasteiger partial charge < -0.3 is 35.0 Å². The molecule has 0 spiro atoms. The standard InChI is InChI=1S/C12H20N4O5S/c17-5-8-10(19)9(18)7(6-21-8)13-12-14-11(15-22-12)16-1-3-20-4-2-16/h7-10,17-19H,1-6H2,(H,13,14,15)/t7-,8+,9+,10-/m0/s1. The van der Waals surface area contributed by atoms with Gasteiger partial charge in [-0.25, -0.2) is 0 Å². The first-order chi connectivity index (χ1) is 10.7. The summed E-state index contributed by atoms with van der Waals surface area (Å²) in [6, 6.07) is -0.497. The Kier molecular flexibility index (Phi) is 5.06. The second kappa shape index (κ2) is 7.02. The number of aliphatic hydroxyl groups is 3. The third-order valence-corrected chi connectivity index (χ3v) is 4.47. The topological polar surface area (TPSA) is 120 Å². The van der Waals surface area contributed by atoms with Crippen LogP contribution in [0.3, 0.4) is 0 Å². The van der Waals surface area contributed by atoms with E-state index in [-0.39, 0.29) is 13.2 Å². The molecule has 3 heterocycles. The first-order valence-corrected chi connectivity index (χ1v) is 7.98. The van der Waals surface area contributed by atoms with Crippen LogP contribution in [0.25, 0.3) is 0 Å². The van der Waals surface area contributed by atoms with Gasteiger partial charge in [0, 0.05) is 24.6 Å². The van der Waals surface area contributed by atoms with Gasteiger partial charge in [0.05, 0.1) is 32.5 Å². The smallest absolute Gasteiger partial charge is 0.239 e. The fourth-order valence-electron chi connectivity index (χ4n) is 2.49. The molecule has 2 aliphatic heterocycles. The van der Waals surface area contributed by atoms with E-state index in [1.54, 1.807) is 0 Å². The molecule has 4 atom stereocenters. The molecule has 2 aliphatic rings. The Balaban J connectivity index is 1.60. The van der Waals surface area contributed by atoms with Crippen LogP contribution in [-0.4, -0.2) is 88.5 Å². The van der Waals surface area contributed by atoms with Gasteiger partial charge in [0.25, 0.3) is 0 Å². The molecule has 0 unspecified atom stereocenters. The van der Waals surface area contributed by atoms with Gasteiger partial charge in [-0.05, 0) is 0 Å². The minimum Gasteiger partial charge on any atom is -0.394 e. The summed E-state index contributed by atoms with van der Waals surface area (Å²) >= 11 is 1.19. The lowest BCUT2D eigenvalue weighted by atomic mass is 9.99. The van der Waals surface area contributed by atoms with Crippen molar-refractivity contribution in [3.63, 3.8) is 0 Å². The van der Waals surface area contributed by atoms with Crippen LogP contribution >= 0.6 is 11.5 Å². The molecular weight excluding hydrogens is 312 g/mol. The molecule has 1 aromatic rings. The number of anilines is 2. The van der Waals surface area contributed by atoms with Crippen LogP contribution in [0.15, 0.2) is 0 Å². The molecule has 2 fully saturated rings. The molecule has 22 heavy (non-hydrogen) atoms. The van der Waals surface area contributed by atoms with Crippen LogP contribution in [-0.2, 0) is 9.47 Å². The van der Waals surface area contributed by atoms with Gasteiger partial charge in [-0.3, -0.25) is 0 Å². The third-order valence-electron chi connectivity index (χ3n) is 3.83. The molecule has 4 N–H and O–H groups in total. The maximum Gasteiger partial charge on any atom is 0.239 e. The summed E-state index contributed by atoms with van der Waals surface area (Å²) in [7, 11) is 0. The summed E-state index contributed by atoms with van der Waals surface area (Å²) in [4.78, 5) is 6.43. The zero-order valence-corrected chi connectivity index (χ0v) is 12.8. The number of hydrogen-bond acceptors (Lipinski definition) is 10. The van der Waals surface area contributed by atoms with Crippen LogP contribution in [0.4, 0.5) is 11.1 Å². The summed E-state index contributed by atoms with van der Waals surface area (Å²) in [6.07, 6.45) is -2.93. The van der Waals surface area contributed by atoms with Crippen molar-refractivity contribution >= 4 is 22.6 Å². The van der Waals surface area contributed by atoms with Crippen LogP contribution in [0, 0.1) is 0 Å². The Hall–Kier alpha value is -1.04. The van der Waals surface area contributed by atoms with E-state index in [9.17, 15) is 10.2 Å². The second-order valence-electron chi connectivity index (χ2n) is 5.29. The van der Waals surface area contributed by atoms with E-state index in [2.05, 4.69) is 14.7 Å². The Morgan fingerprint density at radius 2 is 2.05 bits per heavy atom. The molecule has 1 aromatic heterocycles. The fraction of sp³-hybridized carbons (Fsp3) is 0.833. The first kappa shape index (κ1) is 15.8. The minimum absolute atomic E-state index is 0.177. The number of hydrogen-bond donors (Lipinski definition) is 4. The molecule has 124 valence electrons. The number of aliphatic hydroxyl groups excluding tert-OH is 3. The molecule has 0 aromatic carbocycles. The molecule has 3 rings (SSSR count). The van der Waals surface area contributed by atoms with E-state index in [1.807, 2.05) is 4.90 Å². The number of ether oxygens (including phenoxy) is 2. The Bertz CT molecular complexity index is 484. The monoisotopic (exact) mass is 332 g/mol. The van der Waals surface area contributed by atoms with E-state index in [0.29, 0.717) is 24.3 Å². The molecule has 0 amide bonds. The van der Waals surface area contributed by atoms with Crippen molar-refractivity contribution < 1.29 is 24.8 Å². The normalized spacial score (nSPS) is 33.0. The summed E-state index contributed by atoms with van der Waals surface area (Å²) in [6.45, 7) is 2.67. The number of aromatic nitrogens is 2. The number of nitrogens with zero attached hydrogens (tertiary/aromatic N) is 3. The summed E-state index contributed by atoms with van der Waals surface area (Å²) in [5.74, 6) is 0.635. The van der Waals surface area contributed by atoms with Crippen molar-refractivity contribution in [1.82, 2.24) is 9.36 Å². The van der Waals surface area contributed by atoms with Crippen molar-refractivity contribution in [2.75, 3.05) is 49.7 Å². The lowest BCUT2D eigenvalue weighted by Crippen LogP contribution is -2.56. The zero-order chi connectivity index (χ0) is 15.5. The molecule has 0 aliphatic carbocycles. The molecule has 0 bridgehead atoms. The minimum atomic E-state index is -1.14. The molecule has 0 saturated carbocycles. The van der Waals surface area contributed by atoms with E-state index < -0.39 is 24.4 Å². The van der Waals surface area contributed by atoms with Crippen molar-refractivity contribution in [2.24, 2.45) is 0 Å². The van der Waals surface area contributed by atoms with Gasteiger partial charge in [0.1, 0.15) is 18.3 Å². The Labute approximate surface area is 131 Å². The average molecular weight is 332 g/mol. The van der Waals surface area contributed by atoms with E-state index >= 15 is 0 Å². The summed E-state index contributed by atoms with van der Waals surface area (Å²) in [5.41, 5.74) is 0. The Morgan fingerprint density at radius 3 is 2.77 bits per heavy atom. The highest BCUT2D eigenvalue weighted by atomic mass is 32.1. The predicted octanol–water partition coefficient (Wildman–Crippen LogP) is -1.73. The fourth-order valence-corrected chi connectivity index (χ4v) is 3.15. The highest BCUT2D eigenvalue weighted by molar-refractivity contribution is 7.09. The van der Waals surface area contributed by atoms with Gasteiger partial charge >= 0.3 is 0 Å². The first-order valence-electron chi connectivity index (χ1n) is 7.20. The van der Waals surface area contributed by atoms with Crippen LogP contribution in [0.1, 0.15) is 0 Å². The maximum atomic E-state index is 10.1. The Morgan fingerprint density at radius 1 is 1.27 bits per heavy atom. The summed E-state index contributed by atoms with van der Waals surface area (Å²) in [5, 5.41) is 32.6. The average Bonchev–Trinajstić information content (AvgIpc) is 3.02. The number of morpholine rings is 1. The van der Waals surface area contributed by atoms with Gasteiger partial charge in [-0.15, -0.1) is 0 Å².